The van der Waals surface area contributed by atoms with E-state index in [0.717, 1.165) is 5.69 Å². The van der Waals surface area contributed by atoms with E-state index in [0.29, 0.717) is 18.7 Å². The molecule has 1 unspecified atom stereocenters. The number of carbonyl (C=O) groups excluding carboxylic acids is 3. The smallest absolute Gasteiger partial charge is 0.244 e. The van der Waals surface area contributed by atoms with E-state index in [1.807, 2.05) is 44.2 Å². The summed E-state index contributed by atoms with van der Waals surface area (Å²) in [4.78, 5) is 35.9. The number of para-hydroxylation sites is 1. The normalized spacial score (nSPS) is 11.7. The second kappa shape index (κ2) is 11.7. The van der Waals surface area contributed by atoms with Crippen molar-refractivity contribution in [2.24, 2.45) is 11.8 Å². The molecule has 162 valence electrons. The zero-order valence-corrected chi connectivity index (χ0v) is 17.2. The first kappa shape index (κ1) is 23.0. The maximum Gasteiger partial charge on any atom is 0.244 e. The number of aromatic nitrogens is 3. The van der Waals surface area contributed by atoms with E-state index in [1.54, 1.807) is 11.7 Å². The predicted molar refractivity (Wildman–Crippen MR) is 109 cm³/mol. The average molecular weight is 416 g/mol. The molecule has 0 aliphatic rings. The fraction of sp³-hybridized carbons (Fsp3) is 0.450. The minimum absolute atomic E-state index is 0.0935. The van der Waals surface area contributed by atoms with Crippen molar-refractivity contribution in [3.05, 3.63) is 42.2 Å². The lowest BCUT2D eigenvalue weighted by molar-refractivity contribution is -0.135. The minimum atomic E-state index is -0.601. The fourth-order valence-electron chi connectivity index (χ4n) is 2.93. The average Bonchev–Trinajstić information content (AvgIpc) is 3.18. The van der Waals surface area contributed by atoms with Crippen LogP contribution in [-0.2, 0) is 27.5 Å². The Kier molecular flexibility index (Phi) is 8.95. The first-order chi connectivity index (χ1) is 14.4. The number of hydrogen-bond donors (Lipinski definition) is 4. The van der Waals surface area contributed by atoms with E-state index >= 15 is 0 Å². The van der Waals surface area contributed by atoms with Gasteiger partial charge in [0.15, 0.2) is 0 Å². The molecule has 1 atom stereocenters. The minimum Gasteiger partial charge on any atom is -0.350 e. The van der Waals surface area contributed by atoms with Gasteiger partial charge in [-0.05, 0) is 24.5 Å². The Bertz CT molecular complexity index is 837. The van der Waals surface area contributed by atoms with E-state index in [-0.39, 0.29) is 37.1 Å². The molecule has 4 N–H and O–H groups in total. The first-order valence-corrected chi connectivity index (χ1v) is 9.82. The van der Waals surface area contributed by atoms with Crippen molar-refractivity contribution in [1.82, 2.24) is 25.8 Å². The lowest BCUT2D eigenvalue weighted by atomic mass is 9.93. The van der Waals surface area contributed by atoms with Crippen LogP contribution in [0.2, 0.25) is 0 Å². The Balaban J connectivity index is 1.80. The van der Waals surface area contributed by atoms with Gasteiger partial charge in [0.1, 0.15) is 5.69 Å². The molecule has 30 heavy (non-hydrogen) atoms. The summed E-state index contributed by atoms with van der Waals surface area (Å²) in [6.07, 6.45) is 2.32. The van der Waals surface area contributed by atoms with Crippen LogP contribution in [0.4, 0.5) is 5.69 Å². The van der Waals surface area contributed by atoms with Crippen LogP contribution in [0, 0.1) is 11.8 Å². The molecule has 0 spiro atoms. The largest absolute Gasteiger partial charge is 0.350 e. The van der Waals surface area contributed by atoms with Gasteiger partial charge >= 0.3 is 0 Å². The number of hydrogen-bond acceptors (Lipinski definition) is 6. The molecule has 1 heterocycles. The molecule has 10 heteroatoms. The van der Waals surface area contributed by atoms with Crippen molar-refractivity contribution in [1.29, 1.82) is 0 Å². The highest BCUT2D eigenvalue weighted by Crippen LogP contribution is 2.16. The van der Waals surface area contributed by atoms with E-state index in [4.69, 9.17) is 5.21 Å². The number of anilines is 1. The lowest BCUT2D eigenvalue weighted by Gasteiger charge is -2.17. The molecule has 0 saturated heterocycles. The highest BCUT2D eigenvalue weighted by Gasteiger charge is 2.23. The maximum absolute atomic E-state index is 12.4. The summed E-state index contributed by atoms with van der Waals surface area (Å²) >= 11 is 0. The molecule has 0 fully saturated rings. The van der Waals surface area contributed by atoms with Crippen LogP contribution in [0.3, 0.4) is 0 Å². The third-order valence-corrected chi connectivity index (χ3v) is 4.34. The highest BCUT2D eigenvalue weighted by molar-refractivity contribution is 5.90. The lowest BCUT2D eigenvalue weighted by Crippen LogP contribution is -2.34. The van der Waals surface area contributed by atoms with Gasteiger partial charge < -0.3 is 10.6 Å². The van der Waals surface area contributed by atoms with E-state index in [1.165, 1.54) is 4.68 Å². The Hall–Kier alpha value is -3.27. The molecule has 0 bridgehead atoms. The molecule has 3 amide bonds. The van der Waals surface area contributed by atoms with Crippen molar-refractivity contribution in [2.45, 2.75) is 46.2 Å². The number of nitrogens with one attached hydrogen (secondary N) is 3. The van der Waals surface area contributed by atoms with Crippen LogP contribution in [0.25, 0.3) is 0 Å². The predicted octanol–water partition coefficient (Wildman–Crippen LogP) is 1.48. The van der Waals surface area contributed by atoms with E-state index in [9.17, 15) is 14.4 Å². The van der Waals surface area contributed by atoms with Crippen LogP contribution < -0.4 is 16.1 Å². The number of benzene rings is 1. The Morgan fingerprint density at radius 3 is 2.53 bits per heavy atom. The van der Waals surface area contributed by atoms with Crippen LogP contribution >= 0.6 is 0 Å². The molecule has 1 aromatic heterocycles. The Labute approximate surface area is 175 Å². The summed E-state index contributed by atoms with van der Waals surface area (Å²) in [5.74, 6) is -1.35. The third-order valence-electron chi connectivity index (χ3n) is 4.34. The van der Waals surface area contributed by atoms with Crippen molar-refractivity contribution in [3.8, 4) is 0 Å². The van der Waals surface area contributed by atoms with Crippen molar-refractivity contribution < 1.29 is 19.6 Å². The molecular formula is C20H28N6O4. The zero-order chi connectivity index (χ0) is 21.9. The van der Waals surface area contributed by atoms with Crippen molar-refractivity contribution in [3.63, 3.8) is 0 Å². The van der Waals surface area contributed by atoms with E-state index < -0.39 is 11.8 Å². The third kappa shape index (κ3) is 8.00. The number of nitrogens with zero attached hydrogens (tertiary/aromatic N) is 3. The van der Waals surface area contributed by atoms with Crippen LogP contribution in [0.5, 0.6) is 0 Å². The van der Waals surface area contributed by atoms with Gasteiger partial charge in [0.05, 0.1) is 19.3 Å². The van der Waals surface area contributed by atoms with Crippen LogP contribution in [0.1, 0.15) is 38.8 Å². The number of amides is 3. The molecule has 0 aliphatic heterocycles. The molecule has 0 saturated carbocycles. The first-order valence-electron chi connectivity index (χ1n) is 9.82. The Morgan fingerprint density at radius 2 is 1.87 bits per heavy atom. The summed E-state index contributed by atoms with van der Waals surface area (Å²) in [6.45, 7) is 4.42. The summed E-state index contributed by atoms with van der Waals surface area (Å²) in [6, 6.07) is 9.18. The maximum atomic E-state index is 12.4. The molecule has 2 rings (SSSR count). The highest BCUT2D eigenvalue weighted by atomic mass is 16.5. The van der Waals surface area contributed by atoms with Crippen LogP contribution in [-0.4, -0.2) is 37.9 Å². The van der Waals surface area contributed by atoms with Crippen molar-refractivity contribution >= 4 is 23.4 Å². The van der Waals surface area contributed by atoms with Gasteiger partial charge in [0, 0.05) is 24.4 Å². The summed E-state index contributed by atoms with van der Waals surface area (Å²) in [5.41, 5.74) is 2.84. The Morgan fingerprint density at radius 1 is 1.13 bits per heavy atom. The quantitative estimate of drug-likeness (QED) is 0.323. The summed E-state index contributed by atoms with van der Waals surface area (Å²) in [7, 11) is 0. The standard InChI is InChI=1S/C20H28N6O4/c1-14(2)10-15(11-19(28)24-30)20(29)21-12-17-13-26(25-23-17)9-8-18(27)22-16-6-4-3-5-7-16/h3-7,13-15,30H,8-12H2,1-2H3,(H,21,29)(H,22,27)(H,24,28). The van der Waals surface area contributed by atoms with Gasteiger partial charge in [-0.25, -0.2) is 5.48 Å². The molecule has 1 aromatic carbocycles. The number of carbonyl (C=O) groups is 3. The molecule has 10 nitrogen and oxygen atoms in total. The number of hydroxylamine groups is 1. The van der Waals surface area contributed by atoms with Crippen LogP contribution in [0.15, 0.2) is 36.5 Å². The molecule has 0 aliphatic carbocycles. The molecular weight excluding hydrogens is 388 g/mol. The fourth-order valence-corrected chi connectivity index (χ4v) is 2.93. The zero-order valence-electron chi connectivity index (χ0n) is 17.2. The van der Waals surface area contributed by atoms with Crippen molar-refractivity contribution in [2.75, 3.05) is 5.32 Å². The monoisotopic (exact) mass is 416 g/mol. The molecule has 0 radical (unpaired) electrons. The van der Waals surface area contributed by atoms with Gasteiger partial charge in [0.2, 0.25) is 17.7 Å². The van der Waals surface area contributed by atoms with Gasteiger partial charge in [-0.1, -0.05) is 37.3 Å². The second-order valence-corrected chi connectivity index (χ2v) is 7.42. The number of aryl methyl sites for hydroxylation is 1. The van der Waals surface area contributed by atoms with Gasteiger partial charge in [-0.15, -0.1) is 5.10 Å². The topological polar surface area (TPSA) is 138 Å². The van der Waals surface area contributed by atoms with Gasteiger partial charge in [-0.2, -0.15) is 0 Å². The van der Waals surface area contributed by atoms with E-state index in [2.05, 4.69) is 20.9 Å². The summed E-state index contributed by atoms with van der Waals surface area (Å²) in [5, 5.41) is 22.2. The molecule has 2 aromatic rings. The summed E-state index contributed by atoms with van der Waals surface area (Å²) < 4.78 is 1.54. The van der Waals surface area contributed by atoms with Gasteiger partial charge in [0.25, 0.3) is 0 Å². The second-order valence-electron chi connectivity index (χ2n) is 7.42. The van der Waals surface area contributed by atoms with Gasteiger partial charge in [-0.3, -0.25) is 24.3 Å². The number of rotatable bonds is 11. The SMILES string of the molecule is CC(C)CC(CC(=O)NO)C(=O)NCc1cn(CCC(=O)Nc2ccccc2)nn1.